The highest BCUT2D eigenvalue weighted by Gasteiger charge is 2.21. The molecule has 0 aliphatic rings. The Morgan fingerprint density at radius 3 is 2.63 bits per heavy atom. The Bertz CT molecular complexity index is 1160. The Morgan fingerprint density at radius 1 is 1.07 bits per heavy atom. The number of pyridine rings is 1. The first-order valence-electron chi connectivity index (χ1n) is 8.33. The zero-order chi connectivity index (χ0) is 18.8. The maximum atomic E-state index is 12.6. The molecule has 27 heavy (non-hydrogen) atoms. The lowest BCUT2D eigenvalue weighted by molar-refractivity contribution is 0.0282. The number of nitrogens with one attached hydrogen (secondary N) is 1. The van der Waals surface area contributed by atoms with Crippen LogP contribution in [0.4, 0.5) is 0 Å². The number of rotatable bonds is 4. The summed E-state index contributed by atoms with van der Waals surface area (Å²) in [5, 5.41) is 8.55. The van der Waals surface area contributed by atoms with Crippen molar-refractivity contribution in [2.45, 2.75) is 13.0 Å². The van der Waals surface area contributed by atoms with Crippen LogP contribution in [0.2, 0.25) is 0 Å². The number of aromatic nitrogens is 3. The third kappa shape index (κ3) is 3.35. The summed E-state index contributed by atoms with van der Waals surface area (Å²) in [6.07, 6.45) is -0.763. The van der Waals surface area contributed by atoms with Crippen LogP contribution in [0.25, 0.3) is 22.4 Å². The second-order valence-corrected chi connectivity index (χ2v) is 5.95. The van der Waals surface area contributed by atoms with Crippen molar-refractivity contribution in [2.24, 2.45) is 0 Å². The minimum absolute atomic E-state index is 0.177. The van der Waals surface area contributed by atoms with E-state index in [9.17, 15) is 9.59 Å². The largest absolute Gasteiger partial charge is 0.449 e. The average molecular weight is 361 g/mol. The summed E-state index contributed by atoms with van der Waals surface area (Å²) in [6.45, 7) is 1.63. The van der Waals surface area contributed by atoms with E-state index in [1.165, 1.54) is 6.07 Å². The molecule has 0 fully saturated rings. The van der Waals surface area contributed by atoms with Crippen LogP contribution >= 0.6 is 0 Å². The zero-order valence-electron chi connectivity index (χ0n) is 14.4. The molecule has 4 aromatic rings. The van der Waals surface area contributed by atoms with Crippen LogP contribution < -0.4 is 5.56 Å². The van der Waals surface area contributed by atoms with Crippen molar-refractivity contribution in [1.82, 2.24) is 15.2 Å². The fourth-order valence-corrected chi connectivity index (χ4v) is 2.74. The van der Waals surface area contributed by atoms with E-state index in [1.807, 2.05) is 30.3 Å². The number of hydrogen-bond acceptors (Lipinski definition) is 6. The van der Waals surface area contributed by atoms with Gasteiger partial charge in [0.2, 0.25) is 11.4 Å². The molecule has 4 rings (SSSR count). The molecule has 0 radical (unpaired) electrons. The van der Waals surface area contributed by atoms with Gasteiger partial charge in [-0.1, -0.05) is 36.4 Å². The van der Waals surface area contributed by atoms with Crippen LogP contribution in [0.5, 0.6) is 0 Å². The first kappa shape index (κ1) is 16.7. The SMILES string of the molecule is C[C@H](OC(=O)c1cc(=O)[nH]c2ccccc12)c1nnc(-c2ccccc2)o1. The smallest absolute Gasteiger partial charge is 0.339 e. The summed E-state index contributed by atoms with van der Waals surface area (Å²) in [4.78, 5) is 27.1. The number of ether oxygens (including phenoxy) is 1. The summed E-state index contributed by atoms with van der Waals surface area (Å²) in [6, 6.07) is 17.5. The molecule has 0 aliphatic carbocycles. The third-order valence-electron chi connectivity index (χ3n) is 4.06. The van der Waals surface area contributed by atoms with E-state index in [2.05, 4.69) is 15.2 Å². The standard InChI is InChI=1S/C20H15N3O4/c1-12(18-22-23-19(27-18)13-7-3-2-4-8-13)26-20(25)15-11-17(24)21-16-10-6-5-9-14(15)16/h2-12H,1H3,(H,21,24)/t12-/m0/s1. The van der Waals surface area contributed by atoms with Crippen molar-refractivity contribution in [3.8, 4) is 11.5 Å². The maximum Gasteiger partial charge on any atom is 0.339 e. The molecule has 134 valence electrons. The number of carbonyl (C=O) groups is 1. The maximum absolute atomic E-state index is 12.6. The molecule has 0 bridgehead atoms. The lowest BCUT2D eigenvalue weighted by Gasteiger charge is -2.10. The van der Waals surface area contributed by atoms with Gasteiger partial charge in [-0.05, 0) is 25.1 Å². The summed E-state index contributed by atoms with van der Waals surface area (Å²) in [5.74, 6) is -0.115. The quantitative estimate of drug-likeness (QED) is 0.559. The average Bonchev–Trinajstić information content (AvgIpc) is 3.18. The van der Waals surface area contributed by atoms with Crippen LogP contribution in [0.3, 0.4) is 0 Å². The van der Waals surface area contributed by atoms with Crippen LogP contribution in [-0.2, 0) is 4.74 Å². The van der Waals surface area contributed by atoms with E-state index in [4.69, 9.17) is 9.15 Å². The number of nitrogens with zero attached hydrogens (tertiary/aromatic N) is 2. The van der Waals surface area contributed by atoms with Crippen LogP contribution in [-0.4, -0.2) is 21.2 Å². The van der Waals surface area contributed by atoms with Crippen molar-refractivity contribution in [3.63, 3.8) is 0 Å². The van der Waals surface area contributed by atoms with Gasteiger partial charge in [-0.25, -0.2) is 4.79 Å². The minimum Gasteiger partial charge on any atom is -0.449 e. The molecular weight excluding hydrogens is 346 g/mol. The van der Waals surface area contributed by atoms with Crippen molar-refractivity contribution in [2.75, 3.05) is 0 Å². The van der Waals surface area contributed by atoms with Crippen LogP contribution in [0.1, 0.15) is 29.3 Å². The van der Waals surface area contributed by atoms with Crippen molar-refractivity contribution >= 4 is 16.9 Å². The van der Waals surface area contributed by atoms with Gasteiger partial charge in [0.1, 0.15) is 0 Å². The van der Waals surface area contributed by atoms with E-state index in [0.29, 0.717) is 16.8 Å². The van der Waals surface area contributed by atoms with Gasteiger partial charge in [0.25, 0.3) is 5.89 Å². The molecule has 1 atom stereocenters. The second-order valence-electron chi connectivity index (χ2n) is 5.95. The molecule has 0 saturated heterocycles. The van der Waals surface area contributed by atoms with Gasteiger partial charge in [-0.15, -0.1) is 10.2 Å². The van der Waals surface area contributed by atoms with Crippen LogP contribution in [0, 0.1) is 0 Å². The van der Waals surface area contributed by atoms with E-state index in [1.54, 1.807) is 31.2 Å². The van der Waals surface area contributed by atoms with Gasteiger partial charge in [0.15, 0.2) is 6.10 Å². The summed E-state index contributed by atoms with van der Waals surface area (Å²) in [7, 11) is 0. The zero-order valence-corrected chi connectivity index (χ0v) is 14.4. The Kier molecular flexibility index (Phi) is 4.25. The normalized spacial score (nSPS) is 12.0. The Labute approximate surface area is 153 Å². The van der Waals surface area contributed by atoms with Gasteiger partial charge in [0, 0.05) is 22.5 Å². The van der Waals surface area contributed by atoms with Crippen molar-refractivity contribution in [1.29, 1.82) is 0 Å². The summed E-state index contributed by atoms with van der Waals surface area (Å²) in [5.41, 5.74) is 1.14. The number of para-hydroxylation sites is 1. The first-order chi connectivity index (χ1) is 13.1. The first-order valence-corrected chi connectivity index (χ1v) is 8.33. The minimum atomic E-state index is -0.763. The fourth-order valence-electron chi connectivity index (χ4n) is 2.74. The monoisotopic (exact) mass is 361 g/mol. The number of hydrogen-bond donors (Lipinski definition) is 1. The Balaban J connectivity index is 1.59. The van der Waals surface area contributed by atoms with Gasteiger partial charge < -0.3 is 14.1 Å². The lowest BCUT2D eigenvalue weighted by atomic mass is 10.1. The number of H-pyrrole nitrogens is 1. The topological polar surface area (TPSA) is 98.1 Å². The predicted molar refractivity (Wildman–Crippen MR) is 98.1 cm³/mol. The van der Waals surface area contributed by atoms with Gasteiger partial charge in [-0.2, -0.15) is 0 Å². The van der Waals surface area contributed by atoms with Gasteiger partial charge in [-0.3, -0.25) is 4.79 Å². The summed E-state index contributed by atoms with van der Waals surface area (Å²) < 4.78 is 11.1. The highest BCUT2D eigenvalue weighted by atomic mass is 16.6. The molecular formula is C20H15N3O4. The Hall–Kier alpha value is -3.74. The summed E-state index contributed by atoms with van der Waals surface area (Å²) >= 11 is 0. The highest BCUT2D eigenvalue weighted by molar-refractivity contribution is 6.03. The Morgan fingerprint density at radius 2 is 1.81 bits per heavy atom. The van der Waals surface area contributed by atoms with E-state index < -0.39 is 12.1 Å². The molecule has 0 spiro atoms. The molecule has 0 unspecified atom stereocenters. The molecule has 2 aromatic carbocycles. The van der Waals surface area contributed by atoms with E-state index >= 15 is 0 Å². The molecule has 2 aromatic heterocycles. The third-order valence-corrected chi connectivity index (χ3v) is 4.06. The molecule has 2 heterocycles. The number of fused-ring (bicyclic) bond motifs is 1. The van der Waals surface area contributed by atoms with Crippen LogP contribution in [0.15, 0.2) is 69.9 Å². The molecule has 1 N–H and O–H groups in total. The molecule has 7 nitrogen and oxygen atoms in total. The number of aromatic amines is 1. The van der Waals surface area contributed by atoms with Crippen molar-refractivity contribution < 1.29 is 13.9 Å². The number of benzene rings is 2. The molecule has 7 heteroatoms. The second kappa shape index (κ2) is 6.87. The predicted octanol–water partition coefficient (Wildman–Crippen LogP) is 3.50. The van der Waals surface area contributed by atoms with Crippen molar-refractivity contribution in [3.05, 3.63) is 82.5 Å². The van der Waals surface area contributed by atoms with Gasteiger partial charge >= 0.3 is 5.97 Å². The molecule has 0 amide bonds. The molecule has 0 aliphatic heterocycles. The fraction of sp³-hybridized carbons (Fsp3) is 0.100. The lowest BCUT2D eigenvalue weighted by Crippen LogP contribution is -2.14. The number of esters is 1. The highest BCUT2D eigenvalue weighted by Crippen LogP contribution is 2.24. The molecule has 0 saturated carbocycles. The number of carbonyl (C=O) groups excluding carboxylic acids is 1. The van der Waals surface area contributed by atoms with E-state index in [-0.39, 0.29) is 17.0 Å². The van der Waals surface area contributed by atoms with Gasteiger partial charge in [0.05, 0.1) is 5.56 Å². The van der Waals surface area contributed by atoms with E-state index in [0.717, 1.165) is 5.56 Å².